The number of aliphatic hydroxyl groups is 1. The van der Waals surface area contributed by atoms with Gasteiger partial charge in [-0.2, -0.15) is 0 Å². The lowest BCUT2D eigenvalue weighted by atomic mass is 9.89. The van der Waals surface area contributed by atoms with Crippen molar-refractivity contribution in [2.24, 2.45) is 5.92 Å². The van der Waals surface area contributed by atoms with E-state index < -0.39 is 12.0 Å². The third-order valence-electron chi connectivity index (χ3n) is 4.89. The molecule has 0 spiro atoms. The van der Waals surface area contributed by atoms with Crippen LogP contribution in [0.5, 0.6) is 0 Å². The zero-order chi connectivity index (χ0) is 15.0. The quantitative estimate of drug-likeness (QED) is 0.856. The van der Waals surface area contributed by atoms with E-state index in [1.54, 1.807) is 6.92 Å². The second-order valence-electron chi connectivity index (χ2n) is 6.46. The molecule has 0 aromatic carbocycles. The molecule has 1 N–H and O–H groups in total. The van der Waals surface area contributed by atoms with Crippen LogP contribution in [0.1, 0.15) is 61.6 Å². The maximum Gasteiger partial charge on any atom is 0.280 e. The van der Waals surface area contributed by atoms with Crippen LogP contribution >= 0.6 is 0 Å². The summed E-state index contributed by atoms with van der Waals surface area (Å²) in [7, 11) is 0. The van der Waals surface area contributed by atoms with Gasteiger partial charge in [-0.05, 0) is 43.4 Å². The summed E-state index contributed by atoms with van der Waals surface area (Å²) in [5, 5.41) is 9.91. The summed E-state index contributed by atoms with van der Waals surface area (Å²) >= 11 is 0. The second kappa shape index (κ2) is 5.56. The molecule has 1 aromatic rings. The van der Waals surface area contributed by atoms with Gasteiger partial charge in [0, 0.05) is 18.7 Å². The van der Waals surface area contributed by atoms with Crippen molar-refractivity contribution < 1.29 is 13.9 Å². The predicted octanol–water partition coefficient (Wildman–Crippen LogP) is 4.46. The minimum atomic E-state index is -3.01. The molecule has 0 radical (unpaired) electrons. The highest BCUT2D eigenvalue weighted by molar-refractivity contribution is 5.50. The van der Waals surface area contributed by atoms with Crippen molar-refractivity contribution in [1.29, 1.82) is 0 Å². The lowest BCUT2D eigenvalue weighted by molar-refractivity contribution is -0.131. The molecule has 4 heteroatoms. The van der Waals surface area contributed by atoms with Crippen LogP contribution in [-0.2, 0) is 6.54 Å². The molecule has 2 aliphatic rings. The standard InChI is InChI=1S/C17H23F2NO/c1-12-11-14(8-7-13-5-3-2-4-6-13)20-10-9-17(18,19)16(21)15(12)20/h7-8,11,13,16,21H,2-6,9-10H2,1H3/b8-7+. The highest BCUT2D eigenvalue weighted by atomic mass is 19.3. The zero-order valence-corrected chi connectivity index (χ0v) is 12.5. The van der Waals surface area contributed by atoms with E-state index in [4.69, 9.17) is 0 Å². The molecule has 1 unspecified atom stereocenters. The first-order chi connectivity index (χ1) is 9.99. The number of hydrogen-bond acceptors (Lipinski definition) is 1. The van der Waals surface area contributed by atoms with Crippen LogP contribution in [-0.4, -0.2) is 15.6 Å². The number of aliphatic hydroxyl groups excluding tert-OH is 1. The molecule has 3 rings (SSSR count). The Balaban J connectivity index is 1.85. The maximum absolute atomic E-state index is 13.7. The third-order valence-corrected chi connectivity index (χ3v) is 4.89. The van der Waals surface area contributed by atoms with Crippen molar-refractivity contribution in [2.75, 3.05) is 0 Å². The summed E-state index contributed by atoms with van der Waals surface area (Å²) in [5.41, 5.74) is 2.09. The summed E-state index contributed by atoms with van der Waals surface area (Å²) in [4.78, 5) is 0. The Morgan fingerprint density at radius 3 is 2.71 bits per heavy atom. The van der Waals surface area contributed by atoms with Crippen LogP contribution in [0.25, 0.3) is 6.08 Å². The smallest absolute Gasteiger partial charge is 0.280 e. The number of alkyl halides is 2. The Labute approximate surface area is 124 Å². The van der Waals surface area contributed by atoms with Crippen LogP contribution in [0.4, 0.5) is 8.78 Å². The Hall–Kier alpha value is -1.16. The fourth-order valence-electron chi connectivity index (χ4n) is 3.64. The van der Waals surface area contributed by atoms with E-state index in [2.05, 4.69) is 12.2 Å². The van der Waals surface area contributed by atoms with Crippen LogP contribution in [0.2, 0.25) is 0 Å². The van der Waals surface area contributed by atoms with Crippen LogP contribution < -0.4 is 0 Å². The van der Waals surface area contributed by atoms with E-state index in [9.17, 15) is 13.9 Å². The first-order valence-electron chi connectivity index (χ1n) is 7.93. The van der Waals surface area contributed by atoms with Crippen molar-refractivity contribution in [2.45, 2.75) is 64.0 Å². The van der Waals surface area contributed by atoms with Gasteiger partial charge in [0.15, 0.2) is 6.10 Å². The SMILES string of the molecule is Cc1cc(/C=C/C2CCCCC2)n2c1C(O)C(F)(F)CC2. The van der Waals surface area contributed by atoms with Crippen molar-refractivity contribution in [3.63, 3.8) is 0 Å². The number of allylic oxidation sites excluding steroid dienone is 1. The average Bonchev–Trinajstić information content (AvgIpc) is 2.79. The van der Waals surface area contributed by atoms with E-state index in [0.717, 1.165) is 11.3 Å². The van der Waals surface area contributed by atoms with Crippen molar-refractivity contribution >= 4 is 6.08 Å². The molecule has 0 saturated heterocycles. The van der Waals surface area contributed by atoms with E-state index in [1.807, 2.05) is 10.6 Å². The summed E-state index contributed by atoms with van der Waals surface area (Å²) < 4.78 is 29.2. The molecule has 21 heavy (non-hydrogen) atoms. The monoisotopic (exact) mass is 295 g/mol. The second-order valence-corrected chi connectivity index (χ2v) is 6.46. The van der Waals surface area contributed by atoms with Gasteiger partial charge >= 0.3 is 0 Å². The highest BCUT2D eigenvalue weighted by Crippen LogP contribution is 2.41. The number of rotatable bonds is 2. The van der Waals surface area contributed by atoms with E-state index in [-0.39, 0.29) is 13.0 Å². The lowest BCUT2D eigenvalue weighted by Crippen LogP contribution is -2.35. The molecule has 1 aromatic heterocycles. The molecule has 1 aliphatic carbocycles. The van der Waals surface area contributed by atoms with Gasteiger partial charge in [-0.1, -0.05) is 25.3 Å². The van der Waals surface area contributed by atoms with E-state index >= 15 is 0 Å². The summed E-state index contributed by atoms with van der Waals surface area (Å²) in [5.74, 6) is -2.40. The van der Waals surface area contributed by atoms with Gasteiger partial charge in [-0.3, -0.25) is 0 Å². The summed E-state index contributed by atoms with van der Waals surface area (Å²) in [6.45, 7) is 2.08. The largest absolute Gasteiger partial charge is 0.381 e. The minimum Gasteiger partial charge on any atom is -0.381 e. The molecule has 1 fully saturated rings. The Bertz CT molecular complexity index is 541. The molecule has 0 amide bonds. The molecule has 1 atom stereocenters. The lowest BCUT2D eigenvalue weighted by Gasteiger charge is -2.30. The summed E-state index contributed by atoms with van der Waals surface area (Å²) in [6.07, 6.45) is 8.65. The number of aromatic nitrogens is 1. The molecule has 1 saturated carbocycles. The fraction of sp³-hybridized carbons (Fsp3) is 0.647. The van der Waals surface area contributed by atoms with Crippen molar-refractivity contribution in [3.8, 4) is 0 Å². The number of nitrogens with zero attached hydrogens (tertiary/aromatic N) is 1. The minimum absolute atomic E-state index is 0.275. The van der Waals surface area contributed by atoms with Crippen LogP contribution in [0.3, 0.4) is 0 Å². The Morgan fingerprint density at radius 1 is 1.29 bits per heavy atom. The van der Waals surface area contributed by atoms with Gasteiger partial charge in [-0.15, -0.1) is 0 Å². The van der Waals surface area contributed by atoms with E-state index in [0.29, 0.717) is 11.6 Å². The number of halogens is 2. The molecule has 1 aliphatic heterocycles. The highest BCUT2D eigenvalue weighted by Gasteiger charge is 2.45. The van der Waals surface area contributed by atoms with Crippen LogP contribution in [0, 0.1) is 12.8 Å². The van der Waals surface area contributed by atoms with Gasteiger partial charge in [0.25, 0.3) is 5.92 Å². The third kappa shape index (κ3) is 2.78. The Kier molecular flexibility index (Phi) is 3.91. The molecular formula is C17H23F2NO. The molecule has 0 bridgehead atoms. The normalized spacial score (nSPS) is 26.2. The van der Waals surface area contributed by atoms with Gasteiger partial charge in [0.2, 0.25) is 0 Å². The van der Waals surface area contributed by atoms with Crippen molar-refractivity contribution in [1.82, 2.24) is 4.57 Å². The van der Waals surface area contributed by atoms with Gasteiger partial charge < -0.3 is 9.67 Å². The van der Waals surface area contributed by atoms with Gasteiger partial charge in [-0.25, -0.2) is 8.78 Å². The topological polar surface area (TPSA) is 25.2 Å². The van der Waals surface area contributed by atoms with Gasteiger partial charge in [0.1, 0.15) is 0 Å². The molecule has 116 valence electrons. The predicted molar refractivity (Wildman–Crippen MR) is 79.3 cm³/mol. The van der Waals surface area contributed by atoms with Crippen LogP contribution in [0.15, 0.2) is 12.1 Å². The molecular weight excluding hydrogens is 272 g/mol. The number of fused-ring (bicyclic) bond motifs is 1. The average molecular weight is 295 g/mol. The fourth-order valence-corrected chi connectivity index (χ4v) is 3.64. The summed E-state index contributed by atoms with van der Waals surface area (Å²) in [6, 6.07) is 1.92. The number of hydrogen-bond donors (Lipinski definition) is 1. The number of aryl methyl sites for hydroxylation is 1. The Morgan fingerprint density at radius 2 is 2.00 bits per heavy atom. The zero-order valence-electron chi connectivity index (χ0n) is 12.5. The van der Waals surface area contributed by atoms with Gasteiger partial charge in [0.05, 0.1) is 5.69 Å². The van der Waals surface area contributed by atoms with E-state index in [1.165, 1.54) is 32.1 Å². The molecule has 2 heterocycles. The van der Waals surface area contributed by atoms with Crippen molar-refractivity contribution in [3.05, 3.63) is 29.1 Å². The first-order valence-corrected chi connectivity index (χ1v) is 7.93. The first kappa shape index (κ1) is 14.8. The molecule has 2 nitrogen and oxygen atoms in total. The maximum atomic E-state index is 13.7.